The molecule has 0 fully saturated rings. The van der Waals surface area contributed by atoms with Gasteiger partial charge in [-0.15, -0.1) is 0 Å². The predicted molar refractivity (Wildman–Crippen MR) is 68.6 cm³/mol. The molecule has 1 aromatic carbocycles. The monoisotopic (exact) mass is 232 g/mol. The fraction of sp³-hybridized carbons (Fsp3) is 0.500. The Morgan fingerprint density at radius 3 is 2.35 bits per heavy atom. The third-order valence-corrected chi connectivity index (χ3v) is 4.09. The number of benzene rings is 1. The summed E-state index contributed by atoms with van der Waals surface area (Å²) in [4.78, 5) is 11.8. The summed E-state index contributed by atoms with van der Waals surface area (Å²) in [6.07, 6.45) is 1.70. The molecule has 0 saturated heterocycles. The number of likely N-dealkylation sites (N-methyl/N-ethyl adjacent to an activating group) is 1. The van der Waals surface area contributed by atoms with Crippen LogP contribution in [0.2, 0.25) is 0 Å². The van der Waals surface area contributed by atoms with Crippen LogP contribution >= 0.6 is 0 Å². The SMILES string of the molecule is CNC1(C(N)=O)CCC(C)(C)c2ccccc21. The number of hydrogen-bond donors (Lipinski definition) is 2. The molecule has 0 spiro atoms. The van der Waals surface area contributed by atoms with Gasteiger partial charge < -0.3 is 11.1 Å². The molecule has 92 valence electrons. The first kappa shape index (κ1) is 12.1. The minimum Gasteiger partial charge on any atom is -0.368 e. The van der Waals surface area contributed by atoms with Gasteiger partial charge in [-0.05, 0) is 36.4 Å². The lowest BCUT2D eigenvalue weighted by Gasteiger charge is -2.43. The van der Waals surface area contributed by atoms with Crippen molar-refractivity contribution in [3.63, 3.8) is 0 Å². The first-order valence-corrected chi connectivity index (χ1v) is 6.03. The molecule has 3 N–H and O–H groups in total. The average molecular weight is 232 g/mol. The molecule has 17 heavy (non-hydrogen) atoms. The Morgan fingerprint density at radius 2 is 1.82 bits per heavy atom. The molecule has 1 unspecified atom stereocenters. The van der Waals surface area contributed by atoms with E-state index in [2.05, 4.69) is 25.2 Å². The third kappa shape index (κ3) is 1.65. The van der Waals surface area contributed by atoms with E-state index in [1.54, 1.807) is 7.05 Å². The van der Waals surface area contributed by atoms with E-state index in [0.717, 1.165) is 18.4 Å². The van der Waals surface area contributed by atoms with E-state index in [9.17, 15) is 4.79 Å². The second-order valence-electron chi connectivity index (χ2n) is 5.45. The fourth-order valence-corrected chi connectivity index (χ4v) is 2.85. The number of nitrogens with one attached hydrogen (secondary N) is 1. The van der Waals surface area contributed by atoms with E-state index in [0.29, 0.717) is 0 Å². The molecular weight excluding hydrogens is 212 g/mol. The van der Waals surface area contributed by atoms with E-state index in [1.165, 1.54) is 5.56 Å². The molecule has 0 aliphatic heterocycles. The van der Waals surface area contributed by atoms with E-state index >= 15 is 0 Å². The van der Waals surface area contributed by atoms with Crippen LogP contribution in [0.1, 0.15) is 37.8 Å². The Kier molecular flexibility index (Phi) is 2.74. The molecule has 3 heteroatoms. The van der Waals surface area contributed by atoms with Gasteiger partial charge in [-0.2, -0.15) is 0 Å². The van der Waals surface area contributed by atoms with Crippen molar-refractivity contribution in [3.8, 4) is 0 Å². The third-order valence-electron chi connectivity index (χ3n) is 4.09. The molecule has 3 nitrogen and oxygen atoms in total. The van der Waals surface area contributed by atoms with Crippen molar-refractivity contribution in [3.05, 3.63) is 35.4 Å². The van der Waals surface area contributed by atoms with Crippen molar-refractivity contribution in [2.24, 2.45) is 5.73 Å². The average Bonchev–Trinajstić information content (AvgIpc) is 2.30. The number of rotatable bonds is 2. The molecule has 1 amide bonds. The Balaban J connectivity index is 2.66. The van der Waals surface area contributed by atoms with Crippen LogP contribution in [0, 0.1) is 0 Å². The maximum Gasteiger partial charge on any atom is 0.242 e. The molecule has 1 aromatic rings. The normalized spacial score (nSPS) is 26.3. The molecule has 1 aliphatic carbocycles. The highest BCUT2D eigenvalue weighted by molar-refractivity contribution is 5.87. The van der Waals surface area contributed by atoms with E-state index in [4.69, 9.17) is 5.73 Å². The van der Waals surface area contributed by atoms with Crippen molar-refractivity contribution in [2.75, 3.05) is 7.05 Å². The molecule has 0 heterocycles. The second kappa shape index (κ2) is 3.84. The Bertz CT molecular complexity index is 453. The largest absolute Gasteiger partial charge is 0.368 e. The minimum absolute atomic E-state index is 0.104. The number of amides is 1. The summed E-state index contributed by atoms with van der Waals surface area (Å²) < 4.78 is 0. The number of hydrogen-bond acceptors (Lipinski definition) is 2. The molecule has 2 rings (SSSR count). The lowest BCUT2D eigenvalue weighted by molar-refractivity contribution is -0.125. The van der Waals surface area contributed by atoms with Crippen molar-refractivity contribution < 1.29 is 4.79 Å². The topological polar surface area (TPSA) is 55.1 Å². The van der Waals surface area contributed by atoms with Crippen molar-refractivity contribution in [2.45, 2.75) is 37.6 Å². The molecule has 0 bridgehead atoms. The molecular formula is C14H20N2O. The lowest BCUT2D eigenvalue weighted by Crippen LogP contribution is -2.55. The zero-order valence-electron chi connectivity index (χ0n) is 10.7. The summed E-state index contributed by atoms with van der Waals surface area (Å²) in [6, 6.07) is 8.10. The van der Waals surface area contributed by atoms with Crippen LogP contribution in [0.4, 0.5) is 0 Å². The molecule has 0 saturated carbocycles. The Morgan fingerprint density at radius 1 is 1.24 bits per heavy atom. The first-order chi connectivity index (χ1) is 7.94. The minimum atomic E-state index is -0.702. The lowest BCUT2D eigenvalue weighted by atomic mass is 9.65. The number of fused-ring (bicyclic) bond motifs is 1. The number of primary amides is 1. The van der Waals surface area contributed by atoms with Crippen molar-refractivity contribution in [1.82, 2.24) is 5.32 Å². The zero-order valence-corrected chi connectivity index (χ0v) is 10.7. The summed E-state index contributed by atoms with van der Waals surface area (Å²) in [5, 5.41) is 3.14. The highest BCUT2D eigenvalue weighted by atomic mass is 16.1. The fourth-order valence-electron chi connectivity index (χ4n) is 2.85. The van der Waals surface area contributed by atoms with Crippen LogP contribution in [0.5, 0.6) is 0 Å². The van der Waals surface area contributed by atoms with Crippen LogP contribution < -0.4 is 11.1 Å². The Hall–Kier alpha value is -1.35. The smallest absolute Gasteiger partial charge is 0.242 e. The quantitative estimate of drug-likeness (QED) is 0.814. The van der Waals surface area contributed by atoms with Crippen LogP contribution in [0.3, 0.4) is 0 Å². The van der Waals surface area contributed by atoms with E-state index < -0.39 is 5.54 Å². The van der Waals surface area contributed by atoms with Gasteiger partial charge in [0.05, 0.1) is 0 Å². The first-order valence-electron chi connectivity index (χ1n) is 6.03. The van der Waals surface area contributed by atoms with E-state index in [1.807, 2.05) is 18.2 Å². The van der Waals surface area contributed by atoms with Crippen LogP contribution in [0.15, 0.2) is 24.3 Å². The second-order valence-corrected chi connectivity index (χ2v) is 5.45. The molecule has 0 radical (unpaired) electrons. The summed E-state index contributed by atoms with van der Waals surface area (Å²) in [5.41, 5.74) is 7.27. The summed E-state index contributed by atoms with van der Waals surface area (Å²) in [5.74, 6) is -0.289. The summed E-state index contributed by atoms with van der Waals surface area (Å²) in [6.45, 7) is 4.43. The highest BCUT2D eigenvalue weighted by Gasteiger charge is 2.45. The van der Waals surface area contributed by atoms with Crippen molar-refractivity contribution in [1.29, 1.82) is 0 Å². The summed E-state index contributed by atoms with van der Waals surface area (Å²) in [7, 11) is 1.81. The van der Waals surface area contributed by atoms with Crippen LogP contribution in [-0.4, -0.2) is 13.0 Å². The van der Waals surface area contributed by atoms with Crippen molar-refractivity contribution >= 4 is 5.91 Å². The number of carbonyl (C=O) groups is 1. The van der Waals surface area contributed by atoms with Gasteiger partial charge in [0.25, 0.3) is 0 Å². The highest BCUT2D eigenvalue weighted by Crippen LogP contribution is 2.44. The molecule has 1 atom stereocenters. The van der Waals surface area contributed by atoms with Gasteiger partial charge in [-0.1, -0.05) is 38.1 Å². The predicted octanol–water partition coefficient (Wildman–Crippen LogP) is 1.66. The number of carbonyl (C=O) groups excluding carboxylic acids is 1. The van der Waals surface area contributed by atoms with Gasteiger partial charge >= 0.3 is 0 Å². The van der Waals surface area contributed by atoms with Crippen LogP contribution in [0.25, 0.3) is 0 Å². The van der Waals surface area contributed by atoms with E-state index in [-0.39, 0.29) is 11.3 Å². The van der Waals surface area contributed by atoms with Gasteiger partial charge in [0, 0.05) is 0 Å². The maximum absolute atomic E-state index is 11.8. The Labute approximate surface area is 102 Å². The van der Waals surface area contributed by atoms with Gasteiger partial charge in [0.2, 0.25) is 5.91 Å². The number of nitrogens with two attached hydrogens (primary N) is 1. The van der Waals surface area contributed by atoms with Gasteiger partial charge in [-0.3, -0.25) is 4.79 Å². The maximum atomic E-state index is 11.8. The van der Waals surface area contributed by atoms with Crippen LogP contribution in [-0.2, 0) is 15.7 Å². The van der Waals surface area contributed by atoms with Gasteiger partial charge in [0.15, 0.2) is 0 Å². The molecule has 0 aromatic heterocycles. The standard InChI is InChI=1S/C14H20N2O/c1-13(2)8-9-14(16-3,12(15)17)11-7-5-4-6-10(11)13/h4-7,16H,8-9H2,1-3H3,(H2,15,17). The zero-order chi connectivity index (χ0) is 12.7. The van der Waals surface area contributed by atoms with Gasteiger partial charge in [-0.25, -0.2) is 0 Å². The van der Waals surface area contributed by atoms with Gasteiger partial charge in [0.1, 0.15) is 5.54 Å². The molecule has 1 aliphatic rings. The summed E-state index contributed by atoms with van der Waals surface area (Å²) >= 11 is 0.